The molecule has 0 fully saturated rings. The Balaban J connectivity index is 1.89. The molecule has 0 unspecified atom stereocenters. The smallest absolute Gasteiger partial charge is 0.257 e. The Bertz CT molecular complexity index is 1220. The van der Waals surface area contributed by atoms with Gasteiger partial charge < -0.3 is 20.1 Å². The second-order valence-electron chi connectivity index (χ2n) is 7.69. The molecule has 0 spiro atoms. The number of nitrogens with one attached hydrogen (secondary N) is 2. The van der Waals surface area contributed by atoms with Gasteiger partial charge in [0.05, 0.1) is 6.61 Å². The Morgan fingerprint density at radius 1 is 1.09 bits per heavy atom. The molecular formula is C26H28N4O4. The molecule has 0 radical (unpaired) electrons. The van der Waals surface area contributed by atoms with Crippen LogP contribution in [0.4, 0.5) is 11.5 Å². The zero-order valence-corrected chi connectivity index (χ0v) is 19.7. The van der Waals surface area contributed by atoms with Gasteiger partial charge in [-0.15, -0.1) is 0 Å². The second-order valence-corrected chi connectivity index (χ2v) is 7.69. The maximum Gasteiger partial charge on any atom is 0.257 e. The van der Waals surface area contributed by atoms with E-state index < -0.39 is 0 Å². The van der Waals surface area contributed by atoms with Crippen molar-refractivity contribution in [3.63, 3.8) is 0 Å². The van der Waals surface area contributed by atoms with Gasteiger partial charge >= 0.3 is 0 Å². The molecule has 0 aliphatic rings. The predicted octanol–water partition coefficient (Wildman–Crippen LogP) is 3.83. The van der Waals surface area contributed by atoms with E-state index in [-0.39, 0.29) is 17.9 Å². The number of benzene rings is 2. The SMILES string of the molecule is CCC(=O)Nc1cccc(C#Cc2cc(O[C@@H](C)COC)cc(C(=O)Nc3ccn(C)n3)c2)c1. The maximum atomic E-state index is 12.9. The summed E-state index contributed by atoms with van der Waals surface area (Å²) in [5, 5.41) is 9.78. The normalized spacial score (nSPS) is 11.2. The Labute approximate surface area is 199 Å². The minimum Gasteiger partial charge on any atom is -0.488 e. The molecule has 0 saturated carbocycles. The lowest BCUT2D eigenvalue weighted by atomic mass is 10.1. The summed E-state index contributed by atoms with van der Waals surface area (Å²) in [6.45, 7) is 4.08. The minimum absolute atomic E-state index is 0.0660. The first-order valence-electron chi connectivity index (χ1n) is 10.9. The van der Waals surface area contributed by atoms with Crippen molar-refractivity contribution >= 4 is 23.3 Å². The molecular weight excluding hydrogens is 432 g/mol. The third kappa shape index (κ3) is 7.22. The van der Waals surface area contributed by atoms with Crippen molar-refractivity contribution < 1.29 is 19.1 Å². The van der Waals surface area contributed by atoms with Gasteiger partial charge in [-0.2, -0.15) is 5.10 Å². The first-order chi connectivity index (χ1) is 16.4. The lowest BCUT2D eigenvalue weighted by molar-refractivity contribution is -0.115. The Morgan fingerprint density at radius 2 is 1.88 bits per heavy atom. The van der Waals surface area contributed by atoms with E-state index in [1.165, 1.54) is 0 Å². The molecule has 0 bridgehead atoms. The highest BCUT2D eigenvalue weighted by Crippen LogP contribution is 2.20. The Morgan fingerprint density at radius 3 is 2.59 bits per heavy atom. The van der Waals surface area contributed by atoms with Crippen LogP contribution in [0.1, 0.15) is 41.8 Å². The van der Waals surface area contributed by atoms with E-state index >= 15 is 0 Å². The highest BCUT2D eigenvalue weighted by molar-refractivity contribution is 6.04. The highest BCUT2D eigenvalue weighted by Gasteiger charge is 2.12. The summed E-state index contributed by atoms with van der Waals surface area (Å²) in [6.07, 6.45) is 1.93. The first-order valence-corrected chi connectivity index (χ1v) is 10.9. The van der Waals surface area contributed by atoms with E-state index in [9.17, 15) is 9.59 Å². The number of hydrogen-bond acceptors (Lipinski definition) is 5. The lowest BCUT2D eigenvalue weighted by Crippen LogP contribution is -2.19. The van der Waals surface area contributed by atoms with Crippen LogP contribution in [0.2, 0.25) is 0 Å². The molecule has 0 aliphatic heterocycles. The van der Waals surface area contributed by atoms with E-state index in [0.29, 0.717) is 41.4 Å². The monoisotopic (exact) mass is 460 g/mol. The quantitative estimate of drug-likeness (QED) is 0.498. The van der Waals surface area contributed by atoms with E-state index in [0.717, 1.165) is 5.56 Å². The van der Waals surface area contributed by atoms with E-state index in [1.54, 1.807) is 62.3 Å². The summed E-state index contributed by atoms with van der Waals surface area (Å²) in [5.74, 6) is 6.75. The molecule has 1 aromatic heterocycles. The number of aromatic nitrogens is 2. The number of aryl methyl sites for hydroxylation is 1. The molecule has 1 atom stereocenters. The molecule has 0 saturated heterocycles. The van der Waals surface area contributed by atoms with Gasteiger partial charge in [0.15, 0.2) is 5.82 Å². The van der Waals surface area contributed by atoms with E-state index in [4.69, 9.17) is 9.47 Å². The topological polar surface area (TPSA) is 94.5 Å². The second kappa shape index (κ2) is 11.7. The summed E-state index contributed by atoms with van der Waals surface area (Å²) in [6, 6.07) is 14.1. The van der Waals surface area contributed by atoms with Crippen molar-refractivity contribution in [2.75, 3.05) is 24.4 Å². The average molecular weight is 461 g/mol. The number of anilines is 2. The van der Waals surface area contributed by atoms with Crippen molar-refractivity contribution in [3.8, 4) is 17.6 Å². The number of amides is 2. The van der Waals surface area contributed by atoms with Gasteiger partial charge in [0.1, 0.15) is 11.9 Å². The molecule has 2 amide bonds. The standard InChI is InChI=1S/C26H28N4O4/c1-5-25(31)27-22-8-6-7-19(14-22)9-10-20-13-21(16-23(15-20)34-18(2)17-33-4)26(32)28-24-11-12-30(3)29-24/h6-8,11-16,18H,5,17H2,1-4H3,(H,27,31)(H,28,29,32)/t18-/m0/s1. The van der Waals surface area contributed by atoms with Crippen LogP contribution in [0.15, 0.2) is 54.7 Å². The lowest BCUT2D eigenvalue weighted by Gasteiger charge is -2.15. The van der Waals surface area contributed by atoms with Gasteiger partial charge in [-0.05, 0) is 43.3 Å². The highest BCUT2D eigenvalue weighted by atomic mass is 16.5. The molecule has 34 heavy (non-hydrogen) atoms. The van der Waals surface area contributed by atoms with Crippen LogP contribution in [0.3, 0.4) is 0 Å². The maximum absolute atomic E-state index is 12.9. The van der Waals surface area contributed by atoms with Crippen molar-refractivity contribution in [3.05, 3.63) is 71.4 Å². The Kier molecular flexibility index (Phi) is 8.43. The van der Waals surface area contributed by atoms with Gasteiger partial charge in [0.25, 0.3) is 5.91 Å². The van der Waals surface area contributed by atoms with Crippen LogP contribution in [-0.2, 0) is 16.6 Å². The number of carbonyl (C=O) groups excluding carboxylic acids is 2. The van der Waals surface area contributed by atoms with E-state index in [1.807, 2.05) is 25.1 Å². The van der Waals surface area contributed by atoms with Gasteiger partial charge in [0.2, 0.25) is 5.91 Å². The van der Waals surface area contributed by atoms with Crippen LogP contribution in [-0.4, -0.2) is 41.4 Å². The Hall–Kier alpha value is -4.09. The number of methoxy groups -OCH3 is 1. The summed E-state index contributed by atoms with van der Waals surface area (Å²) in [4.78, 5) is 24.5. The van der Waals surface area contributed by atoms with Crippen LogP contribution < -0.4 is 15.4 Å². The van der Waals surface area contributed by atoms with Crippen molar-refractivity contribution in [2.45, 2.75) is 26.4 Å². The third-order valence-corrected chi connectivity index (χ3v) is 4.68. The molecule has 0 aliphatic carbocycles. The molecule has 3 rings (SSSR count). The van der Waals surface area contributed by atoms with Crippen molar-refractivity contribution in [2.24, 2.45) is 7.05 Å². The molecule has 176 valence electrons. The fourth-order valence-electron chi connectivity index (χ4n) is 3.11. The molecule has 2 N–H and O–H groups in total. The molecule has 8 heteroatoms. The number of carbonyl (C=O) groups is 2. The number of rotatable bonds is 8. The van der Waals surface area contributed by atoms with Crippen molar-refractivity contribution in [1.82, 2.24) is 9.78 Å². The average Bonchev–Trinajstić information content (AvgIpc) is 3.22. The summed E-state index contributed by atoms with van der Waals surface area (Å²) in [5.41, 5.74) is 2.41. The molecule has 2 aromatic carbocycles. The van der Waals surface area contributed by atoms with Gasteiger partial charge in [-0.25, -0.2) is 0 Å². The summed E-state index contributed by atoms with van der Waals surface area (Å²) < 4.78 is 12.7. The third-order valence-electron chi connectivity index (χ3n) is 4.68. The fourth-order valence-corrected chi connectivity index (χ4v) is 3.11. The molecule has 1 heterocycles. The zero-order chi connectivity index (χ0) is 24.5. The number of ether oxygens (including phenoxy) is 2. The summed E-state index contributed by atoms with van der Waals surface area (Å²) in [7, 11) is 3.38. The van der Waals surface area contributed by atoms with E-state index in [2.05, 4.69) is 27.6 Å². The van der Waals surface area contributed by atoms with Crippen LogP contribution >= 0.6 is 0 Å². The van der Waals surface area contributed by atoms with Gasteiger partial charge in [-0.3, -0.25) is 14.3 Å². The minimum atomic E-state index is -0.323. The summed E-state index contributed by atoms with van der Waals surface area (Å²) >= 11 is 0. The number of nitrogens with zero attached hydrogens (tertiary/aromatic N) is 2. The fraction of sp³-hybridized carbons (Fsp3) is 0.269. The van der Waals surface area contributed by atoms with Crippen LogP contribution in [0.25, 0.3) is 0 Å². The molecule has 3 aromatic rings. The largest absolute Gasteiger partial charge is 0.488 e. The van der Waals surface area contributed by atoms with Crippen LogP contribution in [0.5, 0.6) is 5.75 Å². The predicted molar refractivity (Wildman–Crippen MR) is 131 cm³/mol. The molecule has 8 nitrogen and oxygen atoms in total. The van der Waals surface area contributed by atoms with Gasteiger partial charge in [0, 0.05) is 55.2 Å². The van der Waals surface area contributed by atoms with Gasteiger partial charge in [-0.1, -0.05) is 24.8 Å². The number of hydrogen-bond donors (Lipinski definition) is 2. The van der Waals surface area contributed by atoms with Crippen molar-refractivity contribution in [1.29, 1.82) is 0 Å². The zero-order valence-electron chi connectivity index (χ0n) is 19.7. The first kappa shape index (κ1) is 24.6. The van der Waals surface area contributed by atoms with Crippen LogP contribution in [0, 0.1) is 11.8 Å².